The number of benzene rings is 1. The van der Waals surface area contributed by atoms with Gasteiger partial charge in [0, 0.05) is 25.0 Å². The standard InChI is InChI=1S/C10H6Br3NO/c1-15-8-3-7(12)9(13)6-2-5(11)4-14-10(6)8/h2-4H,1H3. The quantitative estimate of drug-likeness (QED) is 0.707. The molecule has 0 aliphatic carbocycles. The summed E-state index contributed by atoms with van der Waals surface area (Å²) in [5.41, 5.74) is 0.843. The molecule has 0 aliphatic rings. The van der Waals surface area contributed by atoms with Crippen LogP contribution in [0.5, 0.6) is 5.75 Å². The van der Waals surface area contributed by atoms with Gasteiger partial charge >= 0.3 is 0 Å². The van der Waals surface area contributed by atoms with Crippen molar-refractivity contribution in [3.63, 3.8) is 0 Å². The van der Waals surface area contributed by atoms with Crippen LogP contribution >= 0.6 is 47.8 Å². The fourth-order valence-electron chi connectivity index (χ4n) is 1.33. The van der Waals surface area contributed by atoms with E-state index in [0.29, 0.717) is 0 Å². The lowest BCUT2D eigenvalue weighted by Gasteiger charge is -2.08. The summed E-state index contributed by atoms with van der Waals surface area (Å²) in [5.74, 6) is 0.757. The Morgan fingerprint density at radius 2 is 1.93 bits per heavy atom. The van der Waals surface area contributed by atoms with E-state index in [-0.39, 0.29) is 0 Å². The predicted octanol–water partition coefficient (Wildman–Crippen LogP) is 4.53. The molecule has 0 radical (unpaired) electrons. The average Bonchev–Trinajstić information content (AvgIpc) is 2.23. The molecule has 1 aromatic heterocycles. The van der Waals surface area contributed by atoms with Crippen molar-refractivity contribution in [1.82, 2.24) is 4.98 Å². The van der Waals surface area contributed by atoms with E-state index in [0.717, 1.165) is 30.1 Å². The molecule has 2 nitrogen and oxygen atoms in total. The molecule has 15 heavy (non-hydrogen) atoms. The Labute approximate surface area is 112 Å². The molecule has 1 aromatic carbocycles. The molecule has 0 spiro atoms. The zero-order valence-electron chi connectivity index (χ0n) is 7.72. The van der Waals surface area contributed by atoms with Crippen molar-refractivity contribution in [2.75, 3.05) is 7.11 Å². The number of hydrogen-bond donors (Lipinski definition) is 0. The van der Waals surface area contributed by atoms with Gasteiger partial charge in [-0.25, -0.2) is 0 Å². The molecule has 5 heteroatoms. The third-order valence-electron chi connectivity index (χ3n) is 2.01. The summed E-state index contributed by atoms with van der Waals surface area (Å²) in [4.78, 5) is 4.33. The smallest absolute Gasteiger partial charge is 0.146 e. The molecule has 0 unspecified atom stereocenters. The van der Waals surface area contributed by atoms with Crippen LogP contribution in [0.3, 0.4) is 0 Å². The van der Waals surface area contributed by atoms with Gasteiger partial charge in [0.05, 0.1) is 7.11 Å². The van der Waals surface area contributed by atoms with Gasteiger partial charge in [-0.2, -0.15) is 0 Å². The van der Waals surface area contributed by atoms with Gasteiger partial charge in [-0.1, -0.05) is 0 Å². The Bertz CT molecular complexity index is 528. The summed E-state index contributed by atoms with van der Waals surface area (Å²) in [6, 6.07) is 3.90. The molecule has 0 amide bonds. The molecule has 0 bridgehead atoms. The fourth-order valence-corrected chi connectivity index (χ4v) is 2.50. The normalized spacial score (nSPS) is 10.7. The maximum atomic E-state index is 5.27. The van der Waals surface area contributed by atoms with Crippen LogP contribution in [0, 0.1) is 0 Å². The predicted molar refractivity (Wildman–Crippen MR) is 71.4 cm³/mol. The van der Waals surface area contributed by atoms with Gasteiger partial charge in [-0.05, 0) is 59.9 Å². The highest BCUT2D eigenvalue weighted by atomic mass is 79.9. The van der Waals surface area contributed by atoms with Crippen molar-refractivity contribution >= 4 is 58.7 Å². The molecule has 2 aromatic rings. The Morgan fingerprint density at radius 1 is 1.20 bits per heavy atom. The van der Waals surface area contributed by atoms with Gasteiger partial charge in [-0.15, -0.1) is 0 Å². The highest BCUT2D eigenvalue weighted by molar-refractivity contribution is 9.13. The fraction of sp³-hybridized carbons (Fsp3) is 0.100. The lowest BCUT2D eigenvalue weighted by molar-refractivity contribution is 0.418. The van der Waals surface area contributed by atoms with Gasteiger partial charge in [-0.3, -0.25) is 4.98 Å². The van der Waals surface area contributed by atoms with Gasteiger partial charge in [0.25, 0.3) is 0 Å². The highest BCUT2D eigenvalue weighted by Crippen LogP contribution is 2.37. The third-order valence-corrected chi connectivity index (χ3v) is 4.46. The largest absolute Gasteiger partial charge is 0.494 e. The number of aromatic nitrogens is 1. The first kappa shape index (κ1) is 11.4. The zero-order valence-corrected chi connectivity index (χ0v) is 12.5. The van der Waals surface area contributed by atoms with Crippen LogP contribution in [-0.2, 0) is 0 Å². The number of hydrogen-bond acceptors (Lipinski definition) is 2. The molecular weight excluding hydrogens is 390 g/mol. The van der Waals surface area contributed by atoms with Gasteiger partial charge in [0.1, 0.15) is 11.3 Å². The summed E-state index contributed by atoms with van der Waals surface area (Å²) < 4.78 is 8.14. The number of pyridine rings is 1. The number of methoxy groups -OCH3 is 1. The summed E-state index contributed by atoms with van der Waals surface area (Å²) in [6.07, 6.45) is 1.76. The molecule has 0 saturated heterocycles. The molecule has 78 valence electrons. The maximum Gasteiger partial charge on any atom is 0.146 e. The summed E-state index contributed by atoms with van der Waals surface area (Å²) in [6.45, 7) is 0. The van der Waals surface area contributed by atoms with Crippen molar-refractivity contribution < 1.29 is 4.74 Å². The molecule has 0 fully saturated rings. The number of halogens is 3. The Balaban J connectivity index is 2.90. The Hall–Kier alpha value is -0.130. The van der Waals surface area contributed by atoms with Crippen LogP contribution in [0.15, 0.2) is 31.7 Å². The van der Waals surface area contributed by atoms with Crippen LogP contribution in [0.1, 0.15) is 0 Å². The number of rotatable bonds is 1. The van der Waals surface area contributed by atoms with Crippen LogP contribution in [-0.4, -0.2) is 12.1 Å². The first-order valence-electron chi connectivity index (χ1n) is 4.10. The topological polar surface area (TPSA) is 22.1 Å². The molecular formula is C10H6Br3NO. The minimum absolute atomic E-state index is 0.757. The van der Waals surface area contributed by atoms with Crippen molar-refractivity contribution in [1.29, 1.82) is 0 Å². The summed E-state index contributed by atoms with van der Waals surface area (Å²) in [5, 5.41) is 1.01. The van der Waals surface area contributed by atoms with Crippen LogP contribution < -0.4 is 4.74 Å². The van der Waals surface area contributed by atoms with Crippen molar-refractivity contribution in [3.05, 3.63) is 31.7 Å². The van der Waals surface area contributed by atoms with Crippen LogP contribution in [0.4, 0.5) is 0 Å². The van der Waals surface area contributed by atoms with Crippen molar-refractivity contribution in [3.8, 4) is 5.75 Å². The molecule has 0 N–H and O–H groups in total. The lowest BCUT2D eigenvalue weighted by atomic mass is 10.2. The van der Waals surface area contributed by atoms with E-state index in [9.17, 15) is 0 Å². The second-order valence-corrected chi connectivity index (χ2v) is 5.49. The van der Waals surface area contributed by atoms with E-state index in [4.69, 9.17) is 4.74 Å². The molecule has 0 saturated carbocycles. The van der Waals surface area contributed by atoms with E-state index in [1.54, 1.807) is 13.3 Å². The van der Waals surface area contributed by atoms with Crippen LogP contribution in [0.25, 0.3) is 10.9 Å². The number of ether oxygens (including phenoxy) is 1. The zero-order chi connectivity index (χ0) is 11.0. The van der Waals surface area contributed by atoms with Gasteiger partial charge < -0.3 is 4.74 Å². The lowest BCUT2D eigenvalue weighted by Crippen LogP contribution is -1.89. The first-order chi connectivity index (χ1) is 7.13. The minimum Gasteiger partial charge on any atom is -0.494 e. The molecule has 0 aliphatic heterocycles. The van der Waals surface area contributed by atoms with Gasteiger partial charge in [0.2, 0.25) is 0 Å². The van der Waals surface area contributed by atoms with E-state index >= 15 is 0 Å². The SMILES string of the molecule is COc1cc(Br)c(Br)c2cc(Br)cnc12. The maximum absolute atomic E-state index is 5.27. The van der Waals surface area contributed by atoms with E-state index in [1.807, 2.05) is 12.1 Å². The van der Waals surface area contributed by atoms with Crippen molar-refractivity contribution in [2.45, 2.75) is 0 Å². The Kier molecular flexibility index (Phi) is 3.33. The third kappa shape index (κ3) is 2.05. The molecule has 0 atom stereocenters. The highest BCUT2D eigenvalue weighted by Gasteiger charge is 2.10. The monoisotopic (exact) mass is 393 g/mol. The summed E-state index contributed by atoms with van der Waals surface area (Å²) >= 11 is 10.4. The second kappa shape index (κ2) is 4.39. The van der Waals surface area contributed by atoms with E-state index in [2.05, 4.69) is 52.8 Å². The first-order valence-corrected chi connectivity index (χ1v) is 6.48. The van der Waals surface area contributed by atoms with E-state index < -0.39 is 0 Å². The molecule has 2 rings (SSSR count). The van der Waals surface area contributed by atoms with Gasteiger partial charge in [0.15, 0.2) is 0 Å². The van der Waals surface area contributed by atoms with Crippen molar-refractivity contribution in [2.24, 2.45) is 0 Å². The number of fused-ring (bicyclic) bond motifs is 1. The minimum atomic E-state index is 0.757. The molecule has 1 heterocycles. The van der Waals surface area contributed by atoms with Crippen LogP contribution in [0.2, 0.25) is 0 Å². The Morgan fingerprint density at radius 3 is 2.60 bits per heavy atom. The summed E-state index contributed by atoms with van der Waals surface area (Å²) in [7, 11) is 1.64. The van der Waals surface area contributed by atoms with E-state index in [1.165, 1.54) is 0 Å². The second-order valence-electron chi connectivity index (χ2n) is 2.92. The number of nitrogens with zero attached hydrogens (tertiary/aromatic N) is 1. The average molecular weight is 396 g/mol.